The van der Waals surface area contributed by atoms with Crippen molar-refractivity contribution in [2.75, 3.05) is 33.2 Å². The number of likely N-dealkylation sites (tertiary alicyclic amines) is 2. The van der Waals surface area contributed by atoms with Gasteiger partial charge in [0.25, 0.3) is 0 Å². The Kier molecular flexibility index (Phi) is 4.14. The number of pyridine rings is 1. The molecular formula is C16H25N3. The highest BCUT2D eigenvalue weighted by Crippen LogP contribution is 2.24. The van der Waals surface area contributed by atoms with E-state index in [0.29, 0.717) is 5.92 Å². The third-order valence-electron chi connectivity index (χ3n) is 4.51. The Morgan fingerprint density at radius 1 is 1.16 bits per heavy atom. The molecule has 2 saturated heterocycles. The molecule has 0 N–H and O–H groups in total. The molecular weight excluding hydrogens is 234 g/mol. The molecule has 3 nitrogen and oxygen atoms in total. The highest BCUT2D eigenvalue weighted by Gasteiger charge is 2.22. The molecule has 19 heavy (non-hydrogen) atoms. The van der Waals surface area contributed by atoms with Crippen LogP contribution < -0.4 is 0 Å². The van der Waals surface area contributed by atoms with Crippen LogP contribution >= 0.6 is 0 Å². The molecule has 1 unspecified atom stereocenters. The lowest BCUT2D eigenvalue weighted by atomic mass is 10.0. The van der Waals surface area contributed by atoms with Crippen LogP contribution in [0.1, 0.15) is 42.9 Å². The first-order valence-electron chi connectivity index (χ1n) is 7.67. The van der Waals surface area contributed by atoms with Crippen molar-refractivity contribution in [3.05, 3.63) is 29.6 Å². The zero-order valence-electron chi connectivity index (χ0n) is 12.0. The molecule has 0 radical (unpaired) electrons. The van der Waals surface area contributed by atoms with E-state index in [1.807, 2.05) is 0 Å². The maximum atomic E-state index is 4.71. The monoisotopic (exact) mass is 259 g/mol. The fourth-order valence-corrected chi connectivity index (χ4v) is 3.32. The van der Waals surface area contributed by atoms with E-state index in [1.165, 1.54) is 63.1 Å². The van der Waals surface area contributed by atoms with Crippen LogP contribution in [0.4, 0.5) is 0 Å². The number of nitrogens with zero attached hydrogens (tertiary/aromatic N) is 3. The third-order valence-corrected chi connectivity index (χ3v) is 4.51. The summed E-state index contributed by atoms with van der Waals surface area (Å²) in [7, 11) is 2.20. The van der Waals surface area contributed by atoms with Gasteiger partial charge >= 0.3 is 0 Å². The van der Waals surface area contributed by atoms with Crippen molar-refractivity contribution in [1.29, 1.82) is 0 Å². The molecule has 0 spiro atoms. The molecule has 0 saturated carbocycles. The highest BCUT2D eigenvalue weighted by atomic mass is 15.1. The van der Waals surface area contributed by atoms with Gasteiger partial charge in [0.15, 0.2) is 0 Å². The molecule has 0 aromatic carbocycles. The Bertz CT molecular complexity index is 395. The van der Waals surface area contributed by atoms with Crippen LogP contribution in [0.15, 0.2) is 18.3 Å². The first-order valence-corrected chi connectivity index (χ1v) is 7.67. The maximum Gasteiger partial charge on any atom is 0.0448 e. The van der Waals surface area contributed by atoms with Crippen LogP contribution in [-0.4, -0.2) is 48.0 Å². The smallest absolute Gasteiger partial charge is 0.0448 e. The second kappa shape index (κ2) is 6.02. The van der Waals surface area contributed by atoms with Crippen molar-refractivity contribution in [2.24, 2.45) is 0 Å². The van der Waals surface area contributed by atoms with Crippen molar-refractivity contribution >= 4 is 0 Å². The fourth-order valence-electron chi connectivity index (χ4n) is 3.32. The minimum atomic E-state index is 0.647. The number of aromatic nitrogens is 1. The van der Waals surface area contributed by atoms with Crippen molar-refractivity contribution in [3.8, 4) is 0 Å². The maximum absolute atomic E-state index is 4.71. The van der Waals surface area contributed by atoms with Gasteiger partial charge in [-0.3, -0.25) is 9.88 Å². The SMILES string of the molecule is CN1CCC(c2ccc(CN3CCCCC3)cn2)C1. The lowest BCUT2D eigenvalue weighted by Crippen LogP contribution is -2.29. The van der Waals surface area contributed by atoms with E-state index < -0.39 is 0 Å². The zero-order valence-corrected chi connectivity index (χ0v) is 12.0. The molecule has 3 heteroatoms. The molecule has 3 rings (SSSR count). The lowest BCUT2D eigenvalue weighted by molar-refractivity contribution is 0.220. The molecule has 0 aliphatic carbocycles. The average molecular weight is 259 g/mol. The van der Waals surface area contributed by atoms with Crippen LogP contribution in [0, 0.1) is 0 Å². The Labute approximate surface area is 116 Å². The van der Waals surface area contributed by atoms with Gasteiger partial charge in [0.05, 0.1) is 0 Å². The van der Waals surface area contributed by atoms with Gasteiger partial charge in [-0.25, -0.2) is 0 Å². The largest absolute Gasteiger partial charge is 0.306 e. The summed E-state index contributed by atoms with van der Waals surface area (Å²) in [6, 6.07) is 4.54. The Morgan fingerprint density at radius 2 is 2.00 bits per heavy atom. The van der Waals surface area contributed by atoms with Gasteiger partial charge < -0.3 is 4.90 Å². The number of hydrogen-bond acceptors (Lipinski definition) is 3. The summed E-state index contributed by atoms with van der Waals surface area (Å²) in [5.74, 6) is 0.647. The van der Waals surface area contributed by atoms with Gasteiger partial charge in [-0.05, 0) is 57.6 Å². The number of rotatable bonds is 3. The topological polar surface area (TPSA) is 19.4 Å². The van der Waals surface area contributed by atoms with E-state index in [1.54, 1.807) is 0 Å². The van der Waals surface area contributed by atoms with Gasteiger partial charge in [-0.2, -0.15) is 0 Å². The lowest BCUT2D eigenvalue weighted by Gasteiger charge is -2.26. The fraction of sp³-hybridized carbons (Fsp3) is 0.688. The predicted octanol–water partition coefficient (Wildman–Crippen LogP) is 2.49. The molecule has 1 atom stereocenters. The first kappa shape index (κ1) is 13.1. The summed E-state index contributed by atoms with van der Waals surface area (Å²) in [4.78, 5) is 9.66. The van der Waals surface area contributed by atoms with E-state index in [9.17, 15) is 0 Å². The van der Waals surface area contributed by atoms with Gasteiger partial charge in [-0.15, -0.1) is 0 Å². The van der Waals surface area contributed by atoms with Crippen LogP contribution in [0.25, 0.3) is 0 Å². The average Bonchev–Trinajstić information content (AvgIpc) is 2.87. The zero-order chi connectivity index (χ0) is 13.1. The van der Waals surface area contributed by atoms with Crippen LogP contribution in [-0.2, 0) is 6.54 Å². The summed E-state index contributed by atoms with van der Waals surface area (Å²) in [6.07, 6.45) is 7.49. The normalized spacial score (nSPS) is 25.8. The van der Waals surface area contributed by atoms with Crippen molar-refractivity contribution < 1.29 is 0 Å². The van der Waals surface area contributed by atoms with E-state index in [0.717, 1.165) is 6.54 Å². The van der Waals surface area contributed by atoms with Gasteiger partial charge in [0, 0.05) is 30.9 Å². The molecule has 2 aliphatic rings. The standard InChI is InChI=1S/C16H25N3/c1-18-10-7-15(13-18)16-6-5-14(11-17-16)12-19-8-3-2-4-9-19/h5-6,11,15H,2-4,7-10,12-13H2,1H3. The van der Waals surface area contributed by atoms with Gasteiger partial charge in [-0.1, -0.05) is 12.5 Å². The Hall–Kier alpha value is -0.930. The minimum absolute atomic E-state index is 0.647. The number of likely N-dealkylation sites (N-methyl/N-ethyl adjacent to an activating group) is 1. The van der Waals surface area contributed by atoms with E-state index in [4.69, 9.17) is 4.98 Å². The van der Waals surface area contributed by atoms with Gasteiger partial charge in [0.2, 0.25) is 0 Å². The van der Waals surface area contributed by atoms with Crippen molar-refractivity contribution in [1.82, 2.24) is 14.8 Å². The van der Waals surface area contributed by atoms with Crippen molar-refractivity contribution in [2.45, 2.75) is 38.1 Å². The molecule has 0 bridgehead atoms. The minimum Gasteiger partial charge on any atom is -0.306 e. The number of piperidine rings is 1. The Morgan fingerprint density at radius 3 is 2.63 bits per heavy atom. The molecule has 3 heterocycles. The quantitative estimate of drug-likeness (QED) is 0.831. The number of hydrogen-bond donors (Lipinski definition) is 0. The summed E-state index contributed by atoms with van der Waals surface area (Å²) in [5.41, 5.74) is 2.66. The van der Waals surface area contributed by atoms with Crippen LogP contribution in [0.3, 0.4) is 0 Å². The molecule has 104 valence electrons. The molecule has 0 amide bonds. The second-order valence-electron chi connectivity index (χ2n) is 6.18. The first-order chi connectivity index (χ1) is 9.31. The van der Waals surface area contributed by atoms with Crippen molar-refractivity contribution in [3.63, 3.8) is 0 Å². The van der Waals surface area contributed by atoms with Crippen LogP contribution in [0.2, 0.25) is 0 Å². The third kappa shape index (κ3) is 3.34. The molecule has 2 fully saturated rings. The van der Waals surface area contributed by atoms with E-state index in [2.05, 4.69) is 35.2 Å². The summed E-state index contributed by atoms with van der Waals surface area (Å²) < 4.78 is 0. The second-order valence-corrected chi connectivity index (χ2v) is 6.18. The van der Waals surface area contributed by atoms with E-state index >= 15 is 0 Å². The Balaban J connectivity index is 1.59. The van der Waals surface area contributed by atoms with E-state index in [-0.39, 0.29) is 0 Å². The summed E-state index contributed by atoms with van der Waals surface area (Å²) in [6.45, 7) is 5.97. The van der Waals surface area contributed by atoms with Gasteiger partial charge in [0.1, 0.15) is 0 Å². The summed E-state index contributed by atoms with van der Waals surface area (Å²) in [5, 5.41) is 0. The van der Waals surface area contributed by atoms with Crippen LogP contribution in [0.5, 0.6) is 0 Å². The molecule has 2 aliphatic heterocycles. The molecule has 1 aromatic heterocycles. The molecule has 1 aromatic rings. The summed E-state index contributed by atoms with van der Waals surface area (Å²) >= 11 is 0. The highest BCUT2D eigenvalue weighted by molar-refractivity contribution is 5.18. The predicted molar refractivity (Wildman–Crippen MR) is 78.2 cm³/mol.